The molecule has 0 spiro atoms. The van der Waals surface area contributed by atoms with Gasteiger partial charge in [-0.2, -0.15) is 0 Å². The molecule has 0 unspecified atom stereocenters. The fourth-order valence-corrected chi connectivity index (χ4v) is 1.16. The van der Waals surface area contributed by atoms with Gasteiger partial charge in [0, 0.05) is 0 Å². The molecule has 4 nitrogen and oxygen atoms in total. The third kappa shape index (κ3) is 2.42. The predicted octanol–water partition coefficient (Wildman–Crippen LogP) is 2.00. The topological polar surface area (TPSA) is 52.1 Å². The maximum Gasteiger partial charge on any atom is 0.344 e. The van der Waals surface area contributed by atoms with Gasteiger partial charge in [0.25, 0.3) is 0 Å². The van der Waals surface area contributed by atoms with E-state index in [4.69, 9.17) is 4.74 Å². The van der Waals surface area contributed by atoms with E-state index in [1.54, 1.807) is 30.5 Å². The normalized spacial score (nSPS) is 9.81. The molecule has 1 aromatic carbocycles. The largest absolute Gasteiger partial charge is 0.402 e. The van der Waals surface area contributed by atoms with Crippen molar-refractivity contribution in [2.45, 2.75) is 6.92 Å². The molecule has 0 radical (unpaired) electrons. The fourth-order valence-electron chi connectivity index (χ4n) is 1.16. The molecular weight excluding hydrogens is 204 g/mol. The van der Waals surface area contributed by atoms with Gasteiger partial charge in [0.05, 0.1) is 23.7 Å². The quantitative estimate of drug-likeness (QED) is 0.717. The van der Waals surface area contributed by atoms with Crippen molar-refractivity contribution in [3.8, 4) is 5.88 Å². The summed E-state index contributed by atoms with van der Waals surface area (Å²) >= 11 is 0. The lowest BCUT2D eigenvalue weighted by Gasteiger charge is -2.02. The summed E-state index contributed by atoms with van der Waals surface area (Å²) < 4.78 is 5.04. The fraction of sp³-hybridized carbons (Fsp3) is 0.0833. The summed E-state index contributed by atoms with van der Waals surface area (Å²) in [6.07, 6.45) is 2.98. The average molecular weight is 214 g/mol. The number of benzene rings is 1. The van der Waals surface area contributed by atoms with Crippen LogP contribution in [0.5, 0.6) is 5.88 Å². The van der Waals surface area contributed by atoms with Crippen molar-refractivity contribution in [1.29, 1.82) is 0 Å². The summed E-state index contributed by atoms with van der Waals surface area (Å²) in [7, 11) is 0. The first kappa shape index (κ1) is 10.3. The van der Waals surface area contributed by atoms with Crippen molar-refractivity contribution in [2.24, 2.45) is 0 Å². The van der Waals surface area contributed by atoms with Crippen molar-refractivity contribution in [1.82, 2.24) is 9.97 Å². The van der Waals surface area contributed by atoms with Gasteiger partial charge in [-0.25, -0.2) is 9.78 Å². The molecule has 4 heteroatoms. The van der Waals surface area contributed by atoms with Crippen LogP contribution in [0.2, 0.25) is 0 Å². The van der Waals surface area contributed by atoms with E-state index in [1.165, 1.54) is 6.20 Å². The molecule has 0 amide bonds. The van der Waals surface area contributed by atoms with E-state index in [2.05, 4.69) is 9.97 Å². The Morgan fingerprint density at radius 1 is 1.12 bits per heavy atom. The Labute approximate surface area is 92.9 Å². The Balaban J connectivity index is 2.11. The zero-order valence-electron chi connectivity index (χ0n) is 8.75. The SMILES string of the molecule is Cc1cnc(OC(=O)c2ccccc2)cn1. The van der Waals surface area contributed by atoms with Gasteiger partial charge >= 0.3 is 5.97 Å². The number of esters is 1. The summed E-state index contributed by atoms with van der Waals surface area (Å²) in [6.45, 7) is 1.82. The van der Waals surface area contributed by atoms with Crippen molar-refractivity contribution < 1.29 is 9.53 Å². The molecule has 1 heterocycles. The van der Waals surface area contributed by atoms with Gasteiger partial charge in [-0.3, -0.25) is 4.98 Å². The molecule has 0 atom stereocenters. The Bertz CT molecular complexity index is 480. The number of nitrogens with zero attached hydrogens (tertiary/aromatic N) is 2. The Morgan fingerprint density at radius 2 is 1.88 bits per heavy atom. The summed E-state index contributed by atoms with van der Waals surface area (Å²) in [6, 6.07) is 8.76. The summed E-state index contributed by atoms with van der Waals surface area (Å²) in [4.78, 5) is 19.5. The van der Waals surface area contributed by atoms with E-state index in [-0.39, 0.29) is 5.88 Å². The van der Waals surface area contributed by atoms with E-state index < -0.39 is 5.97 Å². The lowest BCUT2D eigenvalue weighted by Crippen LogP contribution is -2.09. The molecule has 0 bridgehead atoms. The van der Waals surface area contributed by atoms with Crippen LogP contribution in [0.4, 0.5) is 0 Å². The molecule has 2 aromatic rings. The molecule has 0 aliphatic heterocycles. The molecule has 1 aromatic heterocycles. The monoisotopic (exact) mass is 214 g/mol. The number of hydrogen-bond acceptors (Lipinski definition) is 4. The van der Waals surface area contributed by atoms with Gasteiger partial charge in [0.1, 0.15) is 0 Å². The number of hydrogen-bond donors (Lipinski definition) is 0. The van der Waals surface area contributed by atoms with Crippen LogP contribution in [0.15, 0.2) is 42.7 Å². The number of aromatic nitrogens is 2. The minimum Gasteiger partial charge on any atom is -0.402 e. The van der Waals surface area contributed by atoms with E-state index in [1.807, 2.05) is 13.0 Å². The van der Waals surface area contributed by atoms with Crippen LogP contribution >= 0.6 is 0 Å². The van der Waals surface area contributed by atoms with E-state index >= 15 is 0 Å². The highest BCUT2D eigenvalue weighted by molar-refractivity contribution is 5.90. The standard InChI is InChI=1S/C12H10N2O2/c1-9-7-14-11(8-13-9)16-12(15)10-5-3-2-4-6-10/h2-8H,1H3. The van der Waals surface area contributed by atoms with Gasteiger partial charge < -0.3 is 4.74 Å². The smallest absolute Gasteiger partial charge is 0.344 e. The second-order valence-corrected chi connectivity index (χ2v) is 3.25. The molecule has 0 saturated heterocycles. The second kappa shape index (κ2) is 4.53. The maximum absolute atomic E-state index is 11.6. The molecule has 0 fully saturated rings. The van der Waals surface area contributed by atoms with Crippen LogP contribution < -0.4 is 4.74 Å². The first-order chi connectivity index (χ1) is 7.75. The number of carbonyl (C=O) groups excluding carboxylic acids is 1. The molecule has 0 saturated carbocycles. The van der Waals surface area contributed by atoms with E-state index in [9.17, 15) is 4.79 Å². The van der Waals surface area contributed by atoms with Gasteiger partial charge in [-0.15, -0.1) is 0 Å². The van der Waals surface area contributed by atoms with Crippen LogP contribution in [0.25, 0.3) is 0 Å². The molecule has 0 aliphatic carbocycles. The molecule has 0 aliphatic rings. The van der Waals surface area contributed by atoms with Gasteiger partial charge in [-0.1, -0.05) is 18.2 Å². The average Bonchev–Trinajstić information content (AvgIpc) is 2.33. The third-order valence-electron chi connectivity index (χ3n) is 1.96. The lowest BCUT2D eigenvalue weighted by atomic mass is 10.2. The van der Waals surface area contributed by atoms with Crippen molar-refractivity contribution >= 4 is 5.97 Å². The van der Waals surface area contributed by atoms with Crippen LogP contribution in [0, 0.1) is 6.92 Å². The minimum absolute atomic E-state index is 0.208. The molecule has 16 heavy (non-hydrogen) atoms. The number of aryl methyl sites for hydroxylation is 1. The summed E-state index contributed by atoms with van der Waals surface area (Å²) in [5, 5.41) is 0. The van der Waals surface area contributed by atoms with Gasteiger partial charge in [-0.05, 0) is 19.1 Å². The number of ether oxygens (including phenoxy) is 1. The predicted molar refractivity (Wildman–Crippen MR) is 58.2 cm³/mol. The molecule has 80 valence electrons. The zero-order chi connectivity index (χ0) is 11.4. The Morgan fingerprint density at radius 3 is 2.50 bits per heavy atom. The first-order valence-electron chi connectivity index (χ1n) is 4.81. The number of carbonyl (C=O) groups is 1. The number of rotatable bonds is 2. The highest BCUT2D eigenvalue weighted by Gasteiger charge is 2.08. The highest BCUT2D eigenvalue weighted by atomic mass is 16.5. The third-order valence-corrected chi connectivity index (χ3v) is 1.96. The maximum atomic E-state index is 11.6. The first-order valence-corrected chi connectivity index (χ1v) is 4.81. The Hall–Kier alpha value is -2.23. The van der Waals surface area contributed by atoms with Gasteiger partial charge in [0.15, 0.2) is 0 Å². The highest BCUT2D eigenvalue weighted by Crippen LogP contribution is 2.07. The van der Waals surface area contributed by atoms with Gasteiger partial charge in [0.2, 0.25) is 5.88 Å². The van der Waals surface area contributed by atoms with Crippen LogP contribution in [0.3, 0.4) is 0 Å². The molecule has 2 rings (SSSR count). The molecular formula is C12H10N2O2. The van der Waals surface area contributed by atoms with Crippen molar-refractivity contribution in [3.05, 3.63) is 54.0 Å². The van der Waals surface area contributed by atoms with Crippen LogP contribution in [-0.2, 0) is 0 Å². The van der Waals surface area contributed by atoms with E-state index in [0.29, 0.717) is 5.56 Å². The van der Waals surface area contributed by atoms with Crippen molar-refractivity contribution in [3.63, 3.8) is 0 Å². The summed E-state index contributed by atoms with van der Waals surface area (Å²) in [5.41, 5.74) is 1.27. The van der Waals surface area contributed by atoms with E-state index in [0.717, 1.165) is 5.69 Å². The second-order valence-electron chi connectivity index (χ2n) is 3.25. The summed E-state index contributed by atoms with van der Waals surface area (Å²) in [5.74, 6) is -0.224. The minimum atomic E-state index is -0.432. The van der Waals surface area contributed by atoms with Crippen molar-refractivity contribution in [2.75, 3.05) is 0 Å². The lowest BCUT2D eigenvalue weighted by molar-refractivity contribution is 0.0726. The van der Waals surface area contributed by atoms with Crippen LogP contribution in [0.1, 0.15) is 16.1 Å². The molecule has 0 N–H and O–H groups in total. The van der Waals surface area contributed by atoms with Crippen LogP contribution in [-0.4, -0.2) is 15.9 Å². The zero-order valence-corrected chi connectivity index (χ0v) is 8.75. The Kier molecular flexibility index (Phi) is 2.91.